The number of hydrogen-bond acceptors (Lipinski definition) is 6. The van der Waals surface area contributed by atoms with E-state index >= 15 is 0 Å². The zero-order chi connectivity index (χ0) is 20.7. The van der Waals surface area contributed by atoms with Gasteiger partial charge in [0.15, 0.2) is 6.61 Å². The first-order chi connectivity index (χ1) is 13.3. The van der Waals surface area contributed by atoms with Gasteiger partial charge >= 0.3 is 5.97 Å². The summed E-state index contributed by atoms with van der Waals surface area (Å²) in [7, 11) is 2.86. The minimum absolute atomic E-state index is 0.132. The lowest BCUT2D eigenvalue weighted by molar-refractivity contribution is -0.125. The molecule has 0 aromatic heterocycles. The molecule has 2 amide bonds. The summed E-state index contributed by atoms with van der Waals surface area (Å²) in [5, 5.41) is 0.329. The van der Waals surface area contributed by atoms with Crippen molar-refractivity contribution in [1.29, 1.82) is 0 Å². The Kier molecular flexibility index (Phi) is 7.65. The molecule has 148 valence electrons. The van der Waals surface area contributed by atoms with Crippen LogP contribution in [0.25, 0.3) is 0 Å². The highest BCUT2D eigenvalue weighted by molar-refractivity contribution is 9.10. The third-order valence-electron chi connectivity index (χ3n) is 3.45. The number of hydrogen-bond donors (Lipinski definition) is 2. The topological polar surface area (TPSA) is 103 Å². The third kappa shape index (κ3) is 5.61. The van der Waals surface area contributed by atoms with Crippen molar-refractivity contribution in [3.05, 3.63) is 57.0 Å². The monoisotopic (exact) mass is 470 g/mol. The van der Waals surface area contributed by atoms with E-state index in [0.717, 1.165) is 0 Å². The minimum atomic E-state index is -0.735. The first-order valence-corrected chi connectivity index (χ1v) is 8.96. The molecule has 0 aliphatic rings. The number of ether oxygens (including phenoxy) is 3. The molecule has 2 aromatic rings. The minimum Gasteiger partial charge on any atom is -0.497 e. The van der Waals surface area contributed by atoms with Crippen molar-refractivity contribution < 1.29 is 28.6 Å². The standard InChI is InChI=1S/C18H16BrClN2O6/c1-26-11-4-5-14(19)12(8-11)18(25)28-9-16(23)21-22-17(24)13-7-10(20)3-6-15(13)27-2/h3-8H,9H2,1-2H3,(H,21,23)(H,22,24). The van der Waals surface area contributed by atoms with Crippen LogP contribution in [0.5, 0.6) is 11.5 Å². The predicted octanol–water partition coefficient (Wildman–Crippen LogP) is 2.74. The second-order valence-electron chi connectivity index (χ2n) is 5.27. The summed E-state index contributed by atoms with van der Waals surface area (Å²) in [6.07, 6.45) is 0. The van der Waals surface area contributed by atoms with Crippen molar-refractivity contribution >= 4 is 45.3 Å². The summed E-state index contributed by atoms with van der Waals surface area (Å²) < 4.78 is 15.5. The van der Waals surface area contributed by atoms with Crippen LogP contribution in [0.15, 0.2) is 40.9 Å². The molecule has 0 aliphatic heterocycles. The fraction of sp³-hybridized carbons (Fsp3) is 0.167. The number of benzene rings is 2. The highest BCUT2D eigenvalue weighted by Crippen LogP contribution is 2.23. The molecule has 0 saturated carbocycles. The van der Waals surface area contributed by atoms with Gasteiger partial charge in [-0.25, -0.2) is 4.79 Å². The van der Waals surface area contributed by atoms with Crippen LogP contribution < -0.4 is 20.3 Å². The Morgan fingerprint density at radius 2 is 1.75 bits per heavy atom. The van der Waals surface area contributed by atoms with Crippen LogP contribution in [0, 0.1) is 0 Å². The number of esters is 1. The van der Waals surface area contributed by atoms with Crippen molar-refractivity contribution in [3.63, 3.8) is 0 Å². The van der Waals surface area contributed by atoms with E-state index in [1.54, 1.807) is 18.2 Å². The number of halogens is 2. The van der Waals surface area contributed by atoms with Crippen LogP contribution in [0.3, 0.4) is 0 Å². The molecule has 0 spiro atoms. The van der Waals surface area contributed by atoms with Crippen LogP contribution in [-0.4, -0.2) is 38.6 Å². The normalized spacial score (nSPS) is 10.0. The summed E-state index contributed by atoms with van der Waals surface area (Å²) in [6, 6.07) is 9.22. The molecule has 10 heteroatoms. The third-order valence-corrected chi connectivity index (χ3v) is 4.38. The van der Waals surface area contributed by atoms with Crippen molar-refractivity contribution in [2.75, 3.05) is 20.8 Å². The van der Waals surface area contributed by atoms with E-state index in [9.17, 15) is 14.4 Å². The van der Waals surface area contributed by atoms with Crippen LogP contribution in [-0.2, 0) is 9.53 Å². The molecule has 0 atom stereocenters. The van der Waals surface area contributed by atoms with Gasteiger partial charge in [-0.15, -0.1) is 0 Å². The van der Waals surface area contributed by atoms with Gasteiger partial charge in [0.1, 0.15) is 11.5 Å². The van der Waals surface area contributed by atoms with Crippen LogP contribution >= 0.6 is 27.5 Å². The van der Waals surface area contributed by atoms with Crippen LogP contribution in [0.1, 0.15) is 20.7 Å². The van der Waals surface area contributed by atoms with Gasteiger partial charge in [-0.05, 0) is 52.3 Å². The molecule has 2 rings (SSSR count). The zero-order valence-electron chi connectivity index (χ0n) is 14.9. The molecule has 0 bridgehead atoms. The molecule has 28 heavy (non-hydrogen) atoms. The Morgan fingerprint density at radius 1 is 1.00 bits per heavy atom. The van der Waals surface area contributed by atoms with Crippen molar-refractivity contribution in [3.8, 4) is 11.5 Å². The molecule has 0 unspecified atom stereocenters. The zero-order valence-corrected chi connectivity index (χ0v) is 17.2. The predicted molar refractivity (Wildman–Crippen MR) is 105 cm³/mol. The van der Waals surface area contributed by atoms with Gasteiger partial charge in [0.25, 0.3) is 11.8 Å². The van der Waals surface area contributed by atoms with Crippen molar-refractivity contribution in [1.82, 2.24) is 10.9 Å². The van der Waals surface area contributed by atoms with E-state index in [4.69, 9.17) is 25.8 Å². The van der Waals surface area contributed by atoms with E-state index in [2.05, 4.69) is 26.8 Å². The van der Waals surface area contributed by atoms with Gasteiger partial charge in [-0.2, -0.15) is 0 Å². The van der Waals surface area contributed by atoms with E-state index in [1.165, 1.54) is 32.4 Å². The maximum absolute atomic E-state index is 12.2. The molecular formula is C18H16BrClN2O6. The van der Waals surface area contributed by atoms with E-state index < -0.39 is 24.4 Å². The maximum atomic E-state index is 12.2. The number of rotatable bonds is 6. The Bertz CT molecular complexity index is 906. The summed E-state index contributed by atoms with van der Waals surface area (Å²) in [6.45, 7) is -0.602. The lowest BCUT2D eigenvalue weighted by Gasteiger charge is -2.11. The Hall–Kier alpha value is -2.78. The lowest BCUT2D eigenvalue weighted by atomic mass is 10.2. The average molecular weight is 472 g/mol. The molecule has 0 fully saturated rings. The van der Waals surface area contributed by atoms with Gasteiger partial charge in [-0.3, -0.25) is 20.4 Å². The smallest absolute Gasteiger partial charge is 0.339 e. The average Bonchev–Trinajstić information content (AvgIpc) is 2.70. The highest BCUT2D eigenvalue weighted by Gasteiger charge is 2.16. The first kappa shape index (κ1) is 21.5. The van der Waals surface area contributed by atoms with Crippen LogP contribution in [0.2, 0.25) is 5.02 Å². The lowest BCUT2D eigenvalue weighted by Crippen LogP contribution is -2.43. The van der Waals surface area contributed by atoms with Gasteiger partial charge in [0.2, 0.25) is 0 Å². The number of methoxy groups -OCH3 is 2. The second-order valence-corrected chi connectivity index (χ2v) is 6.56. The van der Waals surface area contributed by atoms with Gasteiger partial charge in [0.05, 0.1) is 25.3 Å². The molecule has 2 aromatic carbocycles. The van der Waals surface area contributed by atoms with Gasteiger partial charge in [0, 0.05) is 9.50 Å². The summed E-state index contributed by atoms with van der Waals surface area (Å²) in [5.74, 6) is -1.37. The largest absolute Gasteiger partial charge is 0.497 e. The SMILES string of the molecule is COc1ccc(Br)c(C(=O)OCC(=O)NNC(=O)c2cc(Cl)ccc2OC)c1. The highest BCUT2D eigenvalue weighted by atomic mass is 79.9. The molecule has 0 aliphatic carbocycles. The second kappa shape index (κ2) is 9.95. The van der Waals surface area contributed by atoms with Crippen LogP contribution in [0.4, 0.5) is 0 Å². The number of carbonyl (C=O) groups excluding carboxylic acids is 3. The molecule has 0 saturated heterocycles. The van der Waals surface area contributed by atoms with E-state index in [0.29, 0.717) is 15.2 Å². The molecule has 2 N–H and O–H groups in total. The first-order valence-electron chi connectivity index (χ1n) is 7.79. The number of amides is 2. The fourth-order valence-corrected chi connectivity index (χ4v) is 2.66. The van der Waals surface area contributed by atoms with Gasteiger partial charge < -0.3 is 14.2 Å². The summed E-state index contributed by atoms with van der Waals surface area (Å²) >= 11 is 9.09. The van der Waals surface area contributed by atoms with Gasteiger partial charge in [-0.1, -0.05) is 11.6 Å². The molecular weight excluding hydrogens is 456 g/mol. The van der Waals surface area contributed by atoms with Crippen molar-refractivity contribution in [2.45, 2.75) is 0 Å². The number of carbonyl (C=O) groups is 3. The summed E-state index contributed by atoms with van der Waals surface area (Å²) in [4.78, 5) is 36.1. The van der Waals surface area contributed by atoms with Crippen molar-refractivity contribution in [2.24, 2.45) is 0 Å². The number of nitrogens with one attached hydrogen (secondary N) is 2. The Labute approximate surface area is 174 Å². The quantitative estimate of drug-likeness (QED) is 0.496. The molecule has 0 radical (unpaired) electrons. The molecule has 8 nitrogen and oxygen atoms in total. The van der Waals surface area contributed by atoms with E-state index in [-0.39, 0.29) is 16.9 Å². The Morgan fingerprint density at radius 3 is 2.43 bits per heavy atom. The van der Waals surface area contributed by atoms with E-state index in [1.807, 2.05) is 0 Å². The number of hydrazine groups is 1. The summed E-state index contributed by atoms with van der Waals surface area (Å²) in [5.41, 5.74) is 4.67. The maximum Gasteiger partial charge on any atom is 0.339 e. The fourth-order valence-electron chi connectivity index (χ4n) is 2.08. The Balaban J connectivity index is 1.90. The molecule has 0 heterocycles.